The van der Waals surface area contributed by atoms with Crippen LogP contribution in [0.2, 0.25) is 0 Å². The Bertz CT molecular complexity index is 506. The number of benzene rings is 1. The fourth-order valence-corrected chi connectivity index (χ4v) is 2.14. The van der Waals surface area contributed by atoms with Gasteiger partial charge in [-0.25, -0.2) is 0 Å². The molecule has 0 aliphatic carbocycles. The fourth-order valence-electron chi connectivity index (χ4n) is 2.14. The van der Waals surface area contributed by atoms with Gasteiger partial charge in [0.25, 0.3) is 5.69 Å². The lowest BCUT2D eigenvalue weighted by atomic mass is 10.0. The van der Waals surface area contributed by atoms with Gasteiger partial charge in [0, 0.05) is 18.6 Å². The van der Waals surface area contributed by atoms with Gasteiger partial charge in [0.1, 0.15) is 6.10 Å². The molecule has 0 bridgehead atoms. The molecule has 0 aliphatic heterocycles. The van der Waals surface area contributed by atoms with Crippen molar-refractivity contribution >= 4 is 11.6 Å². The van der Waals surface area contributed by atoms with E-state index in [9.17, 15) is 25.1 Å². The number of amides is 1. The van der Waals surface area contributed by atoms with Crippen LogP contribution in [0.5, 0.6) is 0 Å². The Hall–Kier alpha value is -2.03. The van der Waals surface area contributed by atoms with E-state index in [0.29, 0.717) is 24.9 Å². The minimum absolute atomic E-state index is 0.0922. The lowest BCUT2D eigenvalue weighted by molar-refractivity contribution is -0.384. The van der Waals surface area contributed by atoms with Gasteiger partial charge in [-0.05, 0) is 37.1 Å². The molecule has 0 spiro atoms. The summed E-state index contributed by atoms with van der Waals surface area (Å²) in [5, 5.41) is 32.7. The molecular weight excluding hydrogens is 302 g/mol. The van der Waals surface area contributed by atoms with Gasteiger partial charge in [0.2, 0.25) is 5.91 Å². The molecule has 1 rings (SSSR count). The zero-order valence-corrected chi connectivity index (χ0v) is 12.9. The van der Waals surface area contributed by atoms with E-state index >= 15 is 0 Å². The van der Waals surface area contributed by atoms with Crippen LogP contribution in [0.15, 0.2) is 24.3 Å². The minimum Gasteiger partial charge on any atom is -0.394 e. The quantitative estimate of drug-likeness (QED) is 0.282. The number of nitrogens with two attached hydrogens (primary N) is 1. The van der Waals surface area contributed by atoms with Crippen LogP contribution in [0, 0.1) is 10.1 Å². The molecule has 5 N–H and O–H groups in total. The number of hydrogen-bond acceptors (Lipinski definition) is 6. The van der Waals surface area contributed by atoms with E-state index in [2.05, 4.69) is 5.32 Å². The Morgan fingerprint density at radius 1 is 1.26 bits per heavy atom. The number of non-ortho nitro benzene ring substituents is 1. The molecule has 1 aromatic carbocycles. The molecule has 1 amide bonds. The Labute approximate surface area is 134 Å². The number of hydrogen-bond donors (Lipinski definition) is 4. The predicted molar refractivity (Wildman–Crippen MR) is 84.6 cm³/mol. The second kappa shape index (κ2) is 9.88. The van der Waals surface area contributed by atoms with Gasteiger partial charge in [0.05, 0.1) is 17.6 Å². The summed E-state index contributed by atoms with van der Waals surface area (Å²) in [6.45, 7) is 0.145. The van der Waals surface area contributed by atoms with Gasteiger partial charge in [-0.3, -0.25) is 14.9 Å². The zero-order chi connectivity index (χ0) is 17.2. The maximum absolute atomic E-state index is 11.8. The third kappa shape index (κ3) is 6.31. The monoisotopic (exact) mass is 325 g/mol. The van der Waals surface area contributed by atoms with Crippen molar-refractivity contribution in [2.24, 2.45) is 5.73 Å². The molecule has 8 nitrogen and oxygen atoms in total. The smallest absolute Gasteiger partial charge is 0.269 e. The third-order valence-corrected chi connectivity index (χ3v) is 3.48. The van der Waals surface area contributed by atoms with E-state index in [-0.39, 0.29) is 11.6 Å². The number of nitrogens with zero attached hydrogens (tertiary/aromatic N) is 1. The van der Waals surface area contributed by atoms with Crippen LogP contribution in [-0.2, 0) is 4.79 Å². The molecule has 0 aliphatic rings. The first-order chi connectivity index (χ1) is 11.0. The van der Waals surface area contributed by atoms with Crippen LogP contribution < -0.4 is 11.1 Å². The molecule has 8 heteroatoms. The van der Waals surface area contributed by atoms with Crippen LogP contribution in [-0.4, -0.2) is 40.2 Å². The lowest BCUT2D eigenvalue weighted by Gasteiger charge is -2.22. The number of nitro groups is 1. The predicted octanol–water partition coefficient (Wildman–Crippen LogP) is 0.624. The third-order valence-electron chi connectivity index (χ3n) is 3.48. The molecule has 2 atom stereocenters. The van der Waals surface area contributed by atoms with E-state index in [1.54, 1.807) is 0 Å². The molecule has 0 aromatic heterocycles. The Balaban J connectivity index is 2.58. The molecule has 2 unspecified atom stereocenters. The van der Waals surface area contributed by atoms with E-state index < -0.39 is 23.7 Å². The highest BCUT2D eigenvalue weighted by Gasteiger charge is 2.22. The first kappa shape index (κ1) is 19.0. The summed E-state index contributed by atoms with van der Waals surface area (Å²) in [6.07, 6.45) is 1.53. The number of carbonyl (C=O) groups is 1. The van der Waals surface area contributed by atoms with Crippen molar-refractivity contribution in [3.8, 4) is 0 Å². The fraction of sp³-hybridized carbons (Fsp3) is 0.533. The Morgan fingerprint density at radius 3 is 2.43 bits per heavy atom. The number of aliphatic hydroxyl groups excluding tert-OH is 2. The standard InChI is InChI=1S/C15H23N3O5/c16-9-3-1-2-4-14(20)17-13(10-19)15(21)11-5-7-12(8-6-11)18(22)23/h5-8,13,15,19,21H,1-4,9-10,16H2,(H,17,20). The molecular formula is C15H23N3O5. The van der Waals surface area contributed by atoms with Crippen molar-refractivity contribution in [2.75, 3.05) is 13.2 Å². The second-order valence-electron chi connectivity index (χ2n) is 5.25. The summed E-state index contributed by atoms with van der Waals surface area (Å²) in [5.41, 5.74) is 5.67. The maximum atomic E-state index is 11.8. The molecule has 128 valence electrons. The first-order valence-electron chi connectivity index (χ1n) is 7.52. The van der Waals surface area contributed by atoms with Crippen LogP contribution in [0.25, 0.3) is 0 Å². The number of carbonyl (C=O) groups excluding carboxylic acids is 1. The van der Waals surface area contributed by atoms with Crippen LogP contribution in [0.4, 0.5) is 5.69 Å². The summed E-state index contributed by atoms with van der Waals surface area (Å²) < 4.78 is 0. The van der Waals surface area contributed by atoms with Crippen molar-refractivity contribution in [1.29, 1.82) is 0 Å². The zero-order valence-electron chi connectivity index (χ0n) is 12.9. The summed E-state index contributed by atoms with van der Waals surface area (Å²) in [6, 6.07) is 4.47. The highest BCUT2D eigenvalue weighted by Crippen LogP contribution is 2.20. The SMILES string of the molecule is NCCCCCC(=O)NC(CO)C(O)c1ccc([N+](=O)[O-])cc1. The summed E-state index contributed by atoms with van der Waals surface area (Å²) in [4.78, 5) is 21.9. The van der Waals surface area contributed by atoms with E-state index in [4.69, 9.17) is 5.73 Å². The van der Waals surface area contributed by atoms with Crippen molar-refractivity contribution < 1.29 is 19.9 Å². The molecule has 0 radical (unpaired) electrons. The Kier molecular flexibility index (Phi) is 8.17. The second-order valence-corrected chi connectivity index (χ2v) is 5.25. The average Bonchev–Trinajstić information content (AvgIpc) is 2.56. The molecule has 0 saturated carbocycles. The van der Waals surface area contributed by atoms with E-state index in [1.807, 2.05) is 0 Å². The van der Waals surface area contributed by atoms with Gasteiger partial charge in [-0.1, -0.05) is 6.42 Å². The normalized spacial score (nSPS) is 13.3. The van der Waals surface area contributed by atoms with Crippen molar-refractivity contribution in [3.63, 3.8) is 0 Å². The molecule has 23 heavy (non-hydrogen) atoms. The van der Waals surface area contributed by atoms with Crippen molar-refractivity contribution in [1.82, 2.24) is 5.32 Å². The highest BCUT2D eigenvalue weighted by atomic mass is 16.6. The summed E-state index contributed by atoms with van der Waals surface area (Å²) in [5.74, 6) is -0.262. The average molecular weight is 325 g/mol. The van der Waals surface area contributed by atoms with Crippen LogP contribution >= 0.6 is 0 Å². The molecule has 0 fully saturated rings. The summed E-state index contributed by atoms with van der Waals surface area (Å²) >= 11 is 0. The van der Waals surface area contributed by atoms with Gasteiger partial charge in [0.15, 0.2) is 0 Å². The molecule has 0 heterocycles. The maximum Gasteiger partial charge on any atom is 0.269 e. The van der Waals surface area contributed by atoms with Gasteiger partial charge in [-0.2, -0.15) is 0 Å². The number of rotatable bonds is 10. The van der Waals surface area contributed by atoms with E-state index in [0.717, 1.165) is 12.8 Å². The van der Waals surface area contributed by atoms with Gasteiger partial charge < -0.3 is 21.3 Å². The highest BCUT2D eigenvalue weighted by molar-refractivity contribution is 5.76. The van der Waals surface area contributed by atoms with Gasteiger partial charge >= 0.3 is 0 Å². The topological polar surface area (TPSA) is 139 Å². The number of unbranched alkanes of at least 4 members (excludes halogenated alkanes) is 2. The van der Waals surface area contributed by atoms with Crippen LogP contribution in [0.1, 0.15) is 37.4 Å². The van der Waals surface area contributed by atoms with Crippen molar-refractivity contribution in [3.05, 3.63) is 39.9 Å². The minimum atomic E-state index is -1.14. The number of aliphatic hydroxyl groups is 2. The lowest BCUT2D eigenvalue weighted by Crippen LogP contribution is -2.41. The van der Waals surface area contributed by atoms with E-state index in [1.165, 1.54) is 24.3 Å². The number of nitro benzene ring substituents is 1. The van der Waals surface area contributed by atoms with Gasteiger partial charge in [-0.15, -0.1) is 0 Å². The molecule has 0 saturated heterocycles. The summed E-state index contributed by atoms with van der Waals surface area (Å²) in [7, 11) is 0. The molecule has 1 aromatic rings. The Morgan fingerprint density at radius 2 is 1.91 bits per heavy atom. The number of nitrogens with one attached hydrogen (secondary N) is 1. The first-order valence-corrected chi connectivity index (χ1v) is 7.52. The van der Waals surface area contributed by atoms with Crippen LogP contribution in [0.3, 0.4) is 0 Å². The largest absolute Gasteiger partial charge is 0.394 e. The van der Waals surface area contributed by atoms with Crippen molar-refractivity contribution in [2.45, 2.75) is 37.8 Å².